The summed E-state index contributed by atoms with van der Waals surface area (Å²) in [4.78, 5) is 97.9. The van der Waals surface area contributed by atoms with Gasteiger partial charge in [-0.05, 0) is 171 Å². The Labute approximate surface area is 775 Å². The minimum Gasteiger partial charge on any atom is -0.452 e. The summed E-state index contributed by atoms with van der Waals surface area (Å²) in [6, 6.07) is 28.6. The van der Waals surface area contributed by atoms with Crippen LogP contribution in [0.1, 0.15) is 68.5 Å². The van der Waals surface area contributed by atoms with Crippen molar-refractivity contribution in [1.29, 1.82) is 0 Å². The summed E-state index contributed by atoms with van der Waals surface area (Å²) in [5, 5.41) is 18.7. The number of halogens is 6. The van der Waals surface area contributed by atoms with Gasteiger partial charge in [0, 0.05) is 190 Å². The number of pyridine rings is 4. The Morgan fingerprint density at radius 1 is 0.632 bits per heavy atom. The quantitative estimate of drug-likeness (QED) is 0.0371. The van der Waals surface area contributed by atoms with E-state index in [2.05, 4.69) is 126 Å². The van der Waals surface area contributed by atoms with Gasteiger partial charge in [0.2, 0.25) is 42.2 Å². The molecule has 688 valence electrons. The first kappa shape index (κ1) is 90.7. The fraction of sp³-hybridized carbons (Fsp3) is 0.295. The van der Waals surface area contributed by atoms with E-state index in [1.165, 1.54) is 112 Å². The standard InChI is InChI=1S/C33H34N8O4S2.C28H25BrFN7O4S.C27H25ClF3N9O3S/c1-21-4-2-6-26(21)27-16-22-17-35-32(37-23-7-9-24(10-8-23)40-14-13-39-12-3-5-25(39)18-40)38-29(22)41(30(27)42)19-28-31(45-20-36-28)47(43,44)33-34-11-15-46-33;1-17-14-32-9-10-36(17)24-3-2-20(13-23(24)30)34-28-33-15-19-12-22(29)26(38)37(25(19)35-28)16-18-6-11-41-27(18)42(39,40)21-4-7-31-8-5-21;1-38-7-6-33-23(38)18-10-16-12-34-26(36-17-2-3-20(19(28)11-17)39-8-4-32-5-9-39)37-22(16)40(25(18)41)13-21-24(35-15-43-21)44(42)14-27(29,30)31/h7-11,15-17,20,25H,2-6,12-14,18-19H2,1H3,(H,35,37,38);2-8,11-13,15,17,32H,9-10,14,16H2,1H3,(H,33,34,35);2-3,6-7,10-12,15,32H,4-5,8-9,13-14H2,1H3,(H,34,36,37). The minimum absolute atomic E-state index is 0.0126. The lowest BCUT2D eigenvalue weighted by atomic mass is 10.0. The minimum atomic E-state index is -4.69. The number of allylic oxidation sites excluding steroid dienone is 2. The van der Waals surface area contributed by atoms with Gasteiger partial charge < -0.3 is 59.1 Å². The molecule has 5 N–H and O–H groups in total. The molecule has 4 fully saturated rings. The molecule has 0 spiro atoms. The highest BCUT2D eigenvalue weighted by Gasteiger charge is 2.37. The number of thiazole rings is 1. The van der Waals surface area contributed by atoms with Crippen molar-refractivity contribution in [2.75, 3.05) is 108 Å². The lowest BCUT2D eigenvalue weighted by molar-refractivity contribution is -0.105. The number of nitrogens with one attached hydrogen (secondary N) is 5. The molecule has 16 heterocycles. The average Bonchev–Trinajstić information content (AvgIpc) is 1.74. The second-order valence-electron chi connectivity index (χ2n) is 32.2. The van der Waals surface area contributed by atoms with Gasteiger partial charge in [0.25, 0.3) is 26.5 Å². The normalized spacial score (nSPS) is 16.4. The van der Waals surface area contributed by atoms with E-state index < -0.39 is 65.1 Å². The SMILES string of the molecule is CC1=C(c2cc3cnc(Nc4ccc(N5CCN6CCCC6C5)cc4)nc3n(Cc3ncoc3S(=O)(=O)c3nccs3)c2=O)CCC1.CC1CNCCN1c1ccc(Nc2ncc3cc(Br)c(=O)n(Cc4ccoc4S(=O)(=O)c4ccncc4)c3n2)cc1F.Cn1ccnc1-c1cc2cnc(Nc3ccc(N4CCNCC4)c(Cl)c3)nc2n(Cc2ocnc2S(=O)CC(F)(F)F)c1=O. The molecule has 0 amide bonds. The van der Waals surface area contributed by atoms with Crippen LogP contribution in [-0.4, -0.2) is 195 Å². The van der Waals surface area contributed by atoms with E-state index in [4.69, 9.17) is 29.8 Å². The van der Waals surface area contributed by atoms with Crippen molar-refractivity contribution in [3.63, 3.8) is 0 Å². The molecule has 0 bridgehead atoms. The van der Waals surface area contributed by atoms with Gasteiger partial charge in [0.15, 0.2) is 23.6 Å². The lowest BCUT2D eigenvalue weighted by Crippen LogP contribution is -2.50. The first-order valence-electron chi connectivity index (χ1n) is 42.3. The number of rotatable bonds is 23. The molecule has 3 aromatic carbocycles. The van der Waals surface area contributed by atoms with E-state index in [0.29, 0.717) is 73.8 Å². The number of alkyl halides is 3. The number of anilines is 9. The summed E-state index contributed by atoms with van der Waals surface area (Å²) in [5.41, 5.74) is 7.29. The van der Waals surface area contributed by atoms with E-state index in [0.717, 1.165) is 119 Å². The zero-order chi connectivity index (χ0) is 92.6. The van der Waals surface area contributed by atoms with Crippen molar-refractivity contribution in [2.24, 2.45) is 7.05 Å². The zero-order valence-corrected chi connectivity index (χ0v) is 77.0. The van der Waals surface area contributed by atoms with Crippen LogP contribution in [0, 0.1) is 5.82 Å². The molecule has 1 aliphatic carbocycles. The summed E-state index contributed by atoms with van der Waals surface area (Å²) in [6.07, 6.45) is 15.9. The van der Waals surface area contributed by atoms with Crippen molar-refractivity contribution in [3.8, 4) is 11.4 Å². The first-order valence-corrected chi connectivity index (χ1v) is 48.6. The molecule has 0 saturated carbocycles. The van der Waals surface area contributed by atoms with E-state index in [-0.39, 0.29) is 100 Å². The van der Waals surface area contributed by atoms with Gasteiger partial charge in [0.05, 0.1) is 68.0 Å². The first-order chi connectivity index (χ1) is 64.1. The Morgan fingerprint density at radius 2 is 1.28 bits per heavy atom. The number of furan rings is 1. The maximum Gasteiger partial charge on any atom is 0.400 e. The third kappa shape index (κ3) is 19.4. The van der Waals surface area contributed by atoms with Crippen LogP contribution in [0.4, 0.5) is 69.5 Å². The van der Waals surface area contributed by atoms with Crippen LogP contribution in [0.5, 0.6) is 0 Å². The molecule has 3 unspecified atom stereocenters. The number of oxazole rings is 2. The molecule has 3 atom stereocenters. The number of nitrogens with zero attached hydrogens (tertiary/aromatic N) is 19. The number of benzene rings is 3. The van der Waals surface area contributed by atoms with Crippen molar-refractivity contribution < 1.29 is 51.9 Å². The Kier molecular flexibility index (Phi) is 26.2. The number of sulfone groups is 2. The van der Waals surface area contributed by atoms with Crippen LogP contribution in [0.15, 0.2) is 233 Å². The molecule has 133 heavy (non-hydrogen) atoms. The van der Waals surface area contributed by atoms with Gasteiger partial charge in [-0.15, -0.1) is 11.3 Å². The van der Waals surface area contributed by atoms with Crippen LogP contribution in [-0.2, 0) is 57.2 Å². The van der Waals surface area contributed by atoms with Gasteiger partial charge in [-0.3, -0.25) is 42.2 Å². The van der Waals surface area contributed by atoms with E-state index >= 15 is 4.39 Å². The fourth-order valence-corrected chi connectivity index (χ4v) is 22.3. The van der Waals surface area contributed by atoms with Crippen LogP contribution >= 0.6 is 38.9 Å². The number of hydrogen-bond acceptors (Lipinski definition) is 32. The Morgan fingerprint density at radius 3 is 1.93 bits per heavy atom. The third-order valence-corrected chi connectivity index (χ3v) is 30.4. The largest absolute Gasteiger partial charge is 0.452 e. The lowest BCUT2D eigenvalue weighted by Gasteiger charge is -2.38. The predicted octanol–water partition coefficient (Wildman–Crippen LogP) is 12.9. The monoisotopic (exact) mass is 1970 g/mol. The van der Waals surface area contributed by atoms with Crippen LogP contribution in [0.3, 0.4) is 0 Å². The Bertz CT molecular complexity index is 7400. The molecular formula is C88H84BrClF4N24O11S4. The number of imidazole rings is 1. The molecule has 35 nitrogen and oxygen atoms in total. The maximum absolute atomic E-state index is 15.1. The molecule has 20 rings (SSSR count). The maximum atomic E-state index is 15.1. The second kappa shape index (κ2) is 38.4. The van der Waals surface area contributed by atoms with Gasteiger partial charge >= 0.3 is 6.18 Å². The van der Waals surface area contributed by atoms with Gasteiger partial charge in [-0.2, -0.15) is 28.1 Å². The van der Waals surface area contributed by atoms with Crippen LogP contribution in [0.2, 0.25) is 5.02 Å². The molecule has 45 heteroatoms. The summed E-state index contributed by atoms with van der Waals surface area (Å²) in [5.74, 6) is -1.21. The van der Waals surface area contributed by atoms with Crippen molar-refractivity contribution >= 4 is 160 Å². The number of piperazine rings is 3. The van der Waals surface area contributed by atoms with Crippen molar-refractivity contribution in [1.82, 2.24) is 88.6 Å². The number of aryl methyl sites for hydroxylation is 1. The summed E-state index contributed by atoms with van der Waals surface area (Å²) in [6.45, 7) is 13.4. The van der Waals surface area contributed by atoms with E-state index in [9.17, 15) is 48.6 Å². The molecule has 15 aromatic rings. The van der Waals surface area contributed by atoms with Crippen molar-refractivity contribution in [2.45, 2.75) is 108 Å². The second-order valence-corrected chi connectivity index (χ2v) is 39.6. The molecule has 0 radical (unpaired) electrons. The summed E-state index contributed by atoms with van der Waals surface area (Å²) >= 11 is 10.9. The average molecular weight is 1970 g/mol. The van der Waals surface area contributed by atoms with Gasteiger partial charge in [-0.25, -0.2) is 56.1 Å². The third-order valence-electron chi connectivity index (χ3n) is 23.5. The fourth-order valence-electron chi connectivity index (χ4n) is 17.0. The molecule has 5 aliphatic rings. The highest BCUT2D eigenvalue weighted by Crippen LogP contribution is 2.38. The highest BCUT2D eigenvalue weighted by atomic mass is 79.9. The molecule has 4 aliphatic heterocycles. The summed E-state index contributed by atoms with van der Waals surface area (Å²) < 4.78 is 142. The highest BCUT2D eigenvalue weighted by molar-refractivity contribution is 9.10. The van der Waals surface area contributed by atoms with E-state index in [1.54, 1.807) is 59.7 Å². The number of fused-ring (bicyclic) bond motifs is 4. The Hall–Kier alpha value is -12.8. The summed E-state index contributed by atoms with van der Waals surface area (Å²) in [7, 11) is -8.91. The molecule has 4 saturated heterocycles. The molecule has 12 aromatic heterocycles. The predicted molar refractivity (Wildman–Crippen MR) is 497 cm³/mol. The van der Waals surface area contributed by atoms with Gasteiger partial charge in [-0.1, -0.05) is 17.2 Å². The number of hydrogen-bond donors (Lipinski definition) is 5. The van der Waals surface area contributed by atoms with Crippen LogP contribution < -0.4 is 58.0 Å². The van der Waals surface area contributed by atoms with Gasteiger partial charge in [0.1, 0.15) is 40.0 Å². The topological polar surface area (TPSA) is 411 Å². The zero-order valence-electron chi connectivity index (χ0n) is 71.4. The molecular weight excluding hydrogens is 1890 g/mol. The number of aromatic nitrogens is 15. The van der Waals surface area contributed by atoms with Crippen LogP contribution in [0.25, 0.3) is 50.1 Å². The Balaban J connectivity index is 0.000000134. The van der Waals surface area contributed by atoms with Crippen molar-refractivity contribution in [3.05, 3.63) is 246 Å². The smallest absolute Gasteiger partial charge is 0.400 e. The van der Waals surface area contributed by atoms with E-state index in [1.807, 2.05) is 42.2 Å².